The number of nitrogens with two attached hydrogens (primary N) is 1. The SMILES string of the molecule is COc1ccc(CCC(=O)C(CN)CC(C)C)cc1. The van der Waals surface area contributed by atoms with E-state index in [4.69, 9.17) is 10.5 Å². The van der Waals surface area contributed by atoms with Crippen LogP contribution < -0.4 is 10.5 Å². The number of benzene rings is 1. The molecule has 0 aromatic heterocycles. The van der Waals surface area contributed by atoms with E-state index in [1.807, 2.05) is 24.3 Å². The van der Waals surface area contributed by atoms with Crippen molar-refractivity contribution in [3.63, 3.8) is 0 Å². The predicted octanol–water partition coefficient (Wildman–Crippen LogP) is 2.82. The maximum absolute atomic E-state index is 12.1. The Kier molecular flexibility index (Phi) is 6.57. The van der Waals surface area contributed by atoms with E-state index in [9.17, 15) is 4.79 Å². The second-order valence-corrected chi connectivity index (χ2v) is 5.38. The molecule has 19 heavy (non-hydrogen) atoms. The van der Waals surface area contributed by atoms with Gasteiger partial charge < -0.3 is 10.5 Å². The Hall–Kier alpha value is -1.35. The molecule has 0 heterocycles. The fourth-order valence-electron chi connectivity index (χ4n) is 2.19. The van der Waals surface area contributed by atoms with Crippen LogP contribution in [0.2, 0.25) is 0 Å². The minimum atomic E-state index is 0.0123. The topological polar surface area (TPSA) is 52.3 Å². The zero-order chi connectivity index (χ0) is 14.3. The summed E-state index contributed by atoms with van der Waals surface area (Å²) in [6, 6.07) is 7.86. The van der Waals surface area contributed by atoms with Crippen LogP contribution in [-0.4, -0.2) is 19.4 Å². The van der Waals surface area contributed by atoms with Gasteiger partial charge in [0.15, 0.2) is 0 Å². The third-order valence-electron chi connectivity index (χ3n) is 3.31. The lowest BCUT2D eigenvalue weighted by Gasteiger charge is -2.15. The van der Waals surface area contributed by atoms with Crippen LogP contribution in [0.1, 0.15) is 32.3 Å². The van der Waals surface area contributed by atoms with E-state index >= 15 is 0 Å². The van der Waals surface area contributed by atoms with E-state index in [0.29, 0.717) is 18.9 Å². The minimum absolute atomic E-state index is 0.0123. The highest BCUT2D eigenvalue weighted by atomic mass is 16.5. The normalized spacial score (nSPS) is 12.5. The average molecular weight is 263 g/mol. The third kappa shape index (κ3) is 5.43. The molecular weight excluding hydrogens is 238 g/mol. The highest BCUT2D eigenvalue weighted by Crippen LogP contribution is 2.16. The van der Waals surface area contributed by atoms with Crippen LogP contribution in [-0.2, 0) is 11.2 Å². The first-order chi connectivity index (χ1) is 9.06. The van der Waals surface area contributed by atoms with Gasteiger partial charge in [-0.15, -0.1) is 0 Å². The molecule has 3 heteroatoms. The lowest BCUT2D eigenvalue weighted by molar-refractivity contribution is -0.123. The number of aryl methyl sites for hydroxylation is 1. The largest absolute Gasteiger partial charge is 0.497 e. The molecule has 0 saturated carbocycles. The van der Waals surface area contributed by atoms with Crippen molar-refractivity contribution < 1.29 is 9.53 Å². The summed E-state index contributed by atoms with van der Waals surface area (Å²) in [7, 11) is 1.65. The number of hydrogen-bond acceptors (Lipinski definition) is 3. The molecule has 0 aliphatic carbocycles. The summed E-state index contributed by atoms with van der Waals surface area (Å²) >= 11 is 0. The predicted molar refractivity (Wildman–Crippen MR) is 78.3 cm³/mol. The number of methoxy groups -OCH3 is 1. The van der Waals surface area contributed by atoms with Crippen LogP contribution in [0.3, 0.4) is 0 Å². The first-order valence-electron chi connectivity index (χ1n) is 6.92. The number of carbonyl (C=O) groups excluding carboxylic acids is 1. The van der Waals surface area contributed by atoms with Crippen molar-refractivity contribution in [2.45, 2.75) is 33.1 Å². The van der Waals surface area contributed by atoms with E-state index < -0.39 is 0 Å². The molecule has 0 amide bonds. The van der Waals surface area contributed by atoms with E-state index in [-0.39, 0.29) is 11.7 Å². The van der Waals surface area contributed by atoms with E-state index in [2.05, 4.69) is 13.8 Å². The van der Waals surface area contributed by atoms with Gasteiger partial charge in [0, 0.05) is 18.9 Å². The second-order valence-electron chi connectivity index (χ2n) is 5.38. The fraction of sp³-hybridized carbons (Fsp3) is 0.562. The highest BCUT2D eigenvalue weighted by molar-refractivity contribution is 5.81. The third-order valence-corrected chi connectivity index (χ3v) is 3.31. The van der Waals surface area contributed by atoms with Gasteiger partial charge >= 0.3 is 0 Å². The summed E-state index contributed by atoms with van der Waals surface area (Å²) in [4.78, 5) is 12.1. The van der Waals surface area contributed by atoms with Crippen molar-refractivity contribution in [1.82, 2.24) is 0 Å². The molecule has 1 atom stereocenters. The molecule has 106 valence electrons. The van der Waals surface area contributed by atoms with Crippen LogP contribution in [0.4, 0.5) is 0 Å². The van der Waals surface area contributed by atoms with Gasteiger partial charge in [-0.05, 0) is 36.5 Å². The lowest BCUT2D eigenvalue weighted by atomic mass is 9.90. The summed E-state index contributed by atoms with van der Waals surface area (Å²) in [5.41, 5.74) is 6.85. The van der Waals surface area contributed by atoms with Gasteiger partial charge in [0.1, 0.15) is 11.5 Å². The molecule has 0 aliphatic heterocycles. The van der Waals surface area contributed by atoms with E-state index in [1.165, 1.54) is 0 Å². The van der Waals surface area contributed by atoms with Gasteiger partial charge in [-0.2, -0.15) is 0 Å². The van der Waals surface area contributed by atoms with Crippen LogP contribution in [0, 0.1) is 11.8 Å². The lowest BCUT2D eigenvalue weighted by Crippen LogP contribution is -2.25. The summed E-state index contributed by atoms with van der Waals surface area (Å²) < 4.78 is 5.11. The zero-order valence-electron chi connectivity index (χ0n) is 12.2. The van der Waals surface area contributed by atoms with Crippen LogP contribution in [0.5, 0.6) is 5.75 Å². The van der Waals surface area contributed by atoms with E-state index in [1.54, 1.807) is 7.11 Å². The number of Topliss-reactive ketones (excluding diaryl/α,β-unsaturated/α-hetero) is 1. The molecule has 0 spiro atoms. The summed E-state index contributed by atoms with van der Waals surface area (Å²) in [6.45, 7) is 4.71. The molecule has 2 N–H and O–H groups in total. The quantitative estimate of drug-likeness (QED) is 0.784. The van der Waals surface area contributed by atoms with Gasteiger partial charge in [0.05, 0.1) is 7.11 Å². The molecular formula is C16H25NO2. The maximum atomic E-state index is 12.1. The molecule has 0 fully saturated rings. The van der Waals surface area contributed by atoms with E-state index in [0.717, 1.165) is 24.2 Å². The molecule has 1 aromatic rings. The first kappa shape index (κ1) is 15.7. The van der Waals surface area contributed by atoms with Gasteiger partial charge in [0.2, 0.25) is 0 Å². The van der Waals surface area contributed by atoms with Gasteiger partial charge in [-0.3, -0.25) is 4.79 Å². The van der Waals surface area contributed by atoms with Gasteiger partial charge in [-0.25, -0.2) is 0 Å². The van der Waals surface area contributed by atoms with Crippen molar-refractivity contribution >= 4 is 5.78 Å². The Labute approximate surface area is 116 Å². The molecule has 1 aromatic carbocycles. The van der Waals surface area contributed by atoms with Crippen molar-refractivity contribution in [1.29, 1.82) is 0 Å². The molecule has 3 nitrogen and oxygen atoms in total. The van der Waals surface area contributed by atoms with Crippen LogP contribution >= 0.6 is 0 Å². The number of carbonyl (C=O) groups is 1. The molecule has 0 radical (unpaired) electrons. The molecule has 0 bridgehead atoms. The Bertz CT molecular complexity index is 384. The van der Waals surface area contributed by atoms with Crippen LogP contribution in [0.15, 0.2) is 24.3 Å². The highest BCUT2D eigenvalue weighted by Gasteiger charge is 2.17. The van der Waals surface area contributed by atoms with Crippen molar-refractivity contribution in [3.05, 3.63) is 29.8 Å². The Morgan fingerprint density at radius 3 is 2.37 bits per heavy atom. The monoisotopic (exact) mass is 263 g/mol. The Morgan fingerprint density at radius 2 is 1.89 bits per heavy atom. The summed E-state index contributed by atoms with van der Waals surface area (Å²) in [6.07, 6.45) is 2.23. The minimum Gasteiger partial charge on any atom is -0.497 e. The average Bonchev–Trinajstić information content (AvgIpc) is 2.42. The maximum Gasteiger partial charge on any atom is 0.137 e. The molecule has 0 saturated heterocycles. The first-order valence-corrected chi connectivity index (χ1v) is 6.92. The molecule has 1 rings (SSSR count). The smallest absolute Gasteiger partial charge is 0.137 e. The molecule has 1 unspecified atom stereocenters. The Balaban J connectivity index is 2.47. The van der Waals surface area contributed by atoms with Gasteiger partial charge in [-0.1, -0.05) is 26.0 Å². The number of ketones is 1. The summed E-state index contributed by atoms with van der Waals surface area (Å²) in [5.74, 6) is 1.65. The fourth-order valence-corrected chi connectivity index (χ4v) is 2.19. The zero-order valence-corrected chi connectivity index (χ0v) is 12.2. The van der Waals surface area contributed by atoms with Gasteiger partial charge in [0.25, 0.3) is 0 Å². The Morgan fingerprint density at radius 1 is 1.26 bits per heavy atom. The second kappa shape index (κ2) is 7.95. The van der Waals surface area contributed by atoms with Crippen molar-refractivity contribution in [2.24, 2.45) is 17.6 Å². The molecule has 0 aliphatic rings. The number of ether oxygens (including phenoxy) is 1. The summed E-state index contributed by atoms with van der Waals surface area (Å²) in [5, 5.41) is 0. The number of hydrogen-bond donors (Lipinski definition) is 1. The van der Waals surface area contributed by atoms with Crippen molar-refractivity contribution in [2.75, 3.05) is 13.7 Å². The standard InChI is InChI=1S/C16H25NO2/c1-12(2)10-14(11-17)16(18)9-6-13-4-7-15(19-3)8-5-13/h4-5,7-8,12,14H,6,9-11,17H2,1-3H3. The van der Waals surface area contributed by atoms with Crippen molar-refractivity contribution in [3.8, 4) is 5.75 Å². The van der Waals surface area contributed by atoms with Crippen LogP contribution in [0.25, 0.3) is 0 Å². The number of rotatable bonds is 8.